The number of likely N-dealkylation sites (tertiary alicyclic amines) is 2. The highest BCUT2D eigenvalue weighted by Gasteiger charge is 2.31. The molecule has 8 heteroatoms. The SMILES string of the molecule is O=C(c1ccc(OCc2ccc(SC(F)(F)F)cc2)cc1)N1CCC[C@H]1CN1CCCC1. The van der Waals surface area contributed by atoms with Gasteiger partial charge in [-0.1, -0.05) is 12.1 Å². The van der Waals surface area contributed by atoms with E-state index in [0.717, 1.165) is 44.6 Å². The van der Waals surface area contributed by atoms with E-state index in [9.17, 15) is 18.0 Å². The second kappa shape index (κ2) is 10.2. The van der Waals surface area contributed by atoms with Gasteiger partial charge in [0.25, 0.3) is 5.91 Å². The Hall–Kier alpha value is -2.19. The Morgan fingerprint density at radius 2 is 1.66 bits per heavy atom. The number of ether oxygens (including phenoxy) is 1. The average Bonchev–Trinajstić information content (AvgIpc) is 3.45. The van der Waals surface area contributed by atoms with E-state index in [-0.39, 0.29) is 35.2 Å². The third kappa shape index (κ3) is 6.19. The Labute approximate surface area is 190 Å². The molecule has 2 aromatic rings. The second-order valence-corrected chi connectivity index (χ2v) is 9.45. The smallest absolute Gasteiger partial charge is 0.446 e. The maximum atomic E-state index is 13.0. The standard InChI is InChI=1S/C24H27F3N2O2S/c25-24(26,27)32-22-11-5-18(6-12-22)17-31-21-9-7-19(8-10-21)23(30)29-15-3-4-20(29)16-28-13-1-2-14-28/h5-12,20H,1-4,13-17H2/t20-/m0/s1. The first-order valence-electron chi connectivity index (χ1n) is 11.0. The predicted octanol–water partition coefficient (Wildman–Crippen LogP) is 5.58. The van der Waals surface area contributed by atoms with Crippen molar-refractivity contribution in [1.82, 2.24) is 9.80 Å². The summed E-state index contributed by atoms with van der Waals surface area (Å²) in [4.78, 5) is 17.7. The highest BCUT2D eigenvalue weighted by atomic mass is 32.2. The van der Waals surface area contributed by atoms with E-state index in [4.69, 9.17) is 4.74 Å². The van der Waals surface area contributed by atoms with Crippen molar-refractivity contribution in [2.75, 3.05) is 26.2 Å². The number of nitrogens with zero attached hydrogens (tertiary/aromatic N) is 2. The fraction of sp³-hybridized carbons (Fsp3) is 0.458. The molecule has 4 nitrogen and oxygen atoms in total. The quantitative estimate of drug-likeness (QED) is 0.501. The molecule has 0 spiro atoms. The van der Waals surface area contributed by atoms with E-state index < -0.39 is 5.51 Å². The van der Waals surface area contributed by atoms with Crippen LogP contribution in [0.15, 0.2) is 53.4 Å². The number of amides is 1. The Morgan fingerprint density at radius 1 is 0.969 bits per heavy atom. The third-order valence-electron chi connectivity index (χ3n) is 5.97. The molecular weight excluding hydrogens is 437 g/mol. The zero-order valence-electron chi connectivity index (χ0n) is 17.8. The largest absolute Gasteiger partial charge is 0.489 e. The van der Waals surface area contributed by atoms with Crippen LogP contribution >= 0.6 is 11.8 Å². The van der Waals surface area contributed by atoms with Gasteiger partial charge in [0.2, 0.25) is 0 Å². The minimum atomic E-state index is -4.29. The summed E-state index contributed by atoms with van der Waals surface area (Å²) < 4.78 is 43.0. The van der Waals surface area contributed by atoms with E-state index in [1.54, 1.807) is 36.4 Å². The second-order valence-electron chi connectivity index (χ2n) is 8.31. The first-order chi connectivity index (χ1) is 15.4. The van der Waals surface area contributed by atoms with Crippen LogP contribution in [-0.2, 0) is 6.61 Å². The number of benzene rings is 2. The summed E-state index contributed by atoms with van der Waals surface area (Å²) in [6.07, 6.45) is 4.60. The molecule has 4 rings (SSSR count). The van der Waals surface area contributed by atoms with Gasteiger partial charge in [0.1, 0.15) is 12.4 Å². The lowest BCUT2D eigenvalue weighted by atomic mass is 10.1. The zero-order chi connectivity index (χ0) is 22.6. The van der Waals surface area contributed by atoms with Gasteiger partial charge in [-0.25, -0.2) is 0 Å². The number of hydrogen-bond donors (Lipinski definition) is 0. The van der Waals surface area contributed by atoms with Crippen LogP contribution in [0.5, 0.6) is 5.75 Å². The molecule has 0 aliphatic carbocycles. The molecule has 2 aromatic carbocycles. The van der Waals surface area contributed by atoms with Crippen molar-refractivity contribution in [3.63, 3.8) is 0 Å². The van der Waals surface area contributed by atoms with E-state index in [1.165, 1.54) is 25.0 Å². The van der Waals surface area contributed by atoms with Crippen molar-refractivity contribution in [2.24, 2.45) is 0 Å². The molecule has 2 fully saturated rings. The van der Waals surface area contributed by atoms with Gasteiger partial charge in [0.15, 0.2) is 0 Å². The molecular formula is C24H27F3N2O2S. The molecule has 1 amide bonds. The highest BCUT2D eigenvalue weighted by Crippen LogP contribution is 2.36. The van der Waals surface area contributed by atoms with Crippen LogP contribution in [0.4, 0.5) is 13.2 Å². The molecule has 0 radical (unpaired) electrons. The van der Waals surface area contributed by atoms with Crippen LogP contribution < -0.4 is 4.74 Å². The summed E-state index contributed by atoms with van der Waals surface area (Å²) in [5.41, 5.74) is -2.86. The minimum absolute atomic E-state index is 0.0657. The number of alkyl halides is 3. The molecule has 0 N–H and O–H groups in total. The van der Waals surface area contributed by atoms with Crippen LogP contribution in [0.2, 0.25) is 0 Å². The van der Waals surface area contributed by atoms with Gasteiger partial charge >= 0.3 is 5.51 Å². The monoisotopic (exact) mass is 464 g/mol. The Morgan fingerprint density at radius 3 is 2.31 bits per heavy atom. The molecule has 2 heterocycles. The normalized spacial score (nSPS) is 19.5. The van der Waals surface area contributed by atoms with Crippen LogP contribution in [-0.4, -0.2) is 53.4 Å². The molecule has 2 aliphatic rings. The minimum Gasteiger partial charge on any atom is -0.489 e. The van der Waals surface area contributed by atoms with Crippen LogP contribution in [0.25, 0.3) is 0 Å². The highest BCUT2D eigenvalue weighted by molar-refractivity contribution is 8.00. The summed E-state index contributed by atoms with van der Waals surface area (Å²) in [5, 5.41) is 0. The van der Waals surface area contributed by atoms with Crippen molar-refractivity contribution < 1.29 is 22.7 Å². The summed E-state index contributed by atoms with van der Waals surface area (Å²) in [6.45, 7) is 4.28. The Bertz CT molecular complexity index is 897. The topological polar surface area (TPSA) is 32.8 Å². The third-order valence-corrected chi connectivity index (χ3v) is 6.71. The maximum absolute atomic E-state index is 13.0. The van der Waals surface area contributed by atoms with Crippen molar-refractivity contribution >= 4 is 17.7 Å². The first kappa shape index (κ1) is 23.0. The van der Waals surface area contributed by atoms with Gasteiger partial charge in [0, 0.05) is 29.6 Å². The van der Waals surface area contributed by atoms with Crippen molar-refractivity contribution in [3.8, 4) is 5.75 Å². The molecule has 0 unspecified atom stereocenters. The van der Waals surface area contributed by atoms with E-state index in [2.05, 4.69) is 4.90 Å². The molecule has 0 aromatic heterocycles. The number of halogens is 3. The molecule has 1 atom stereocenters. The van der Waals surface area contributed by atoms with E-state index in [0.29, 0.717) is 11.3 Å². The summed E-state index contributed by atoms with van der Waals surface area (Å²) in [7, 11) is 0. The summed E-state index contributed by atoms with van der Waals surface area (Å²) in [6, 6.07) is 13.5. The lowest BCUT2D eigenvalue weighted by molar-refractivity contribution is -0.0328. The van der Waals surface area contributed by atoms with E-state index in [1.807, 2.05) is 4.90 Å². The zero-order valence-corrected chi connectivity index (χ0v) is 18.6. The Balaban J connectivity index is 1.30. The van der Waals surface area contributed by atoms with Crippen molar-refractivity contribution in [1.29, 1.82) is 0 Å². The fourth-order valence-electron chi connectivity index (χ4n) is 4.37. The van der Waals surface area contributed by atoms with Gasteiger partial charge in [-0.2, -0.15) is 13.2 Å². The van der Waals surface area contributed by atoms with Gasteiger partial charge in [-0.15, -0.1) is 0 Å². The number of carbonyl (C=O) groups is 1. The van der Waals surface area contributed by atoms with Crippen LogP contribution in [0, 0.1) is 0 Å². The van der Waals surface area contributed by atoms with Gasteiger partial charge in [-0.05, 0) is 92.5 Å². The Kier molecular flexibility index (Phi) is 7.30. The van der Waals surface area contributed by atoms with Crippen LogP contribution in [0.1, 0.15) is 41.6 Å². The lowest BCUT2D eigenvalue weighted by Gasteiger charge is -2.28. The molecule has 172 valence electrons. The average molecular weight is 465 g/mol. The van der Waals surface area contributed by atoms with Crippen LogP contribution in [0.3, 0.4) is 0 Å². The van der Waals surface area contributed by atoms with Gasteiger partial charge in [-0.3, -0.25) is 4.79 Å². The molecule has 0 bridgehead atoms. The molecule has 2 aliphatic heterocycles. The van der Waals surface area contributed by atoms with Gasteiger partial charge < -0.3 is 14.5 Å². The molecule has 2 saturated heterocycles. The number of thioether (sulfide) groups is 1. The summed E-state index contributed by atoms with van der Waals surface area (Å²) in [5.74, 6) is 0.682. The van der Waals surface area contributed by atoms with Crippen molar-refractivity contribution in [3.05, 3.63) is 59.7 Å². The first-order valence-corrected chi connectivity index (χ1v) is 11.8. The maximum Gasteiger partial charge on any atom is 0.446 e. The van der Waals surface area contributed by atoms with Gasteiger partial charge in [0.05, 0.1) is 0 Å². The number of hydrogen-bond acceptors (Lipinski definition) is 4. The van der Waals surface area contributed by atoms with Crippen molar-refractivity contribution in [2.45, 2.75) is 48.7 Å². The molecule has 0 saturated carbocycles. The lowest BCUT2D eigenvalue weighted by Crippen LogP contribution is -2.42. The predicted molar refractivity (Wildman–Crippen MR) is 119 cm³/mol. The summed E-state index contributed by atoms with van der Waals surface area (Å²) >= 11 is -0.132. The van der Waals surface area contributed by atoms with E-state index >= 15 is 0 Å². The number of carbonyl (C=O) groups excluding carboxylic acids is 1. The number of rotatable bonds is 7. The molecule has 32 heavy (non-hydrogen) atoms. The fourth-order valence-corrected chi connectivity index (χ4v) is 4.91.